The number of esters is 1. The fourth-order valence-electron chi connectivity index (χ4n) is 1.13. The van der Waals surface area contributed by atoms with E-state index in [0.717, 1.165) is 5.56 Å². The summed E-state index contributed by atoms with van der Waals surface area (Å²) in [6, 6.07) is 9.78. The van der Waals surface area contributed by atoms with E-state index < -0.39 is 0 Å². The van der Waals surface area contributed by atoms with Gasteiger partial charge in [0, 0.05) is 13.3 Å². The summed E-state index contributed by atoms with van der Waals surface area (Å²) in [5.41, 5.74) is 4.50. The predicted molar refractivity (Wildman–Crippen MR) is 62.3 cm³/mol. The Labute approximate surface area is 95.2 Å². The lowest BCUT2D eigenvalue weighted by atomic mass is 10.1. The average molecular weight is 212 g/mol. The highest BCUT2D eigenvalue weighted by molar-refractivity contribution is 5.66. The lowest BCUT2D eigenvalue weighted by Crippen LogP contribution is -1.90. The van der Waals surface area contributed by atoms with Crippen LogP contribution in [0.25, 0.3) is 0 Å². The SMILES string of the molecule is C#CC(=C=COC(C)=O)Cc1ccccc1. The van der Waals surface area contributed by atoms with E-state index in [1.54, 1.807) is 0 Å². The van der Waals surface area contributed by atoms with E-state index in [4.69, 9.17) is 6.42 Å². The van der Waals surface area contributed by atoms with Gasteiger partial charge in [0.05, 0.1) is 5.57 Å². The molecule has 0 saturated carbocycles. The second-order valence-corrected chi connectivity index (χ2v) is 3.16. The van der Waals surface area contributed by atoms with E-state index in [2.05, 4.69) is 16.4 Å². The normalized spacial score (nSPS) is 8.50. The monoisotopic (exact) mass is 212 g/mol. The summed E-state index contributed by atoms with van der Waals surface area (Å²) in [5.74, 6) is 2.12. The third-order valence-corrected chi connectivity index (χ3v) is 1.86. The van der Waals surface area contributed by atoms with Gasteiger partial charge in [-0.05, 0) is 5.56 Å². The summed E-state index contributed by atoms with van der Waals surface area (Å²) in [5, 5.41) is 0. The van der Waals surface area contributed by atoms with Crippen LogP contribution in [0.4, 0.5) is 0 Å². The molecule has 0 amide bonds. The van der Waals surface area contributed by atoms with Crippen LogP contribution in [-0.2, 0) is 16.0 Å². The number of rotatable bonds is 3. The first kappa shape index (κ1) is 11.8. The third kappa shape index (κ3) is 4.32. The molecule has 1 rings (SSSR count). The van der Waals surface area contributed by atoms with Crippen molar-refractivity contribution in [3.63, 3.8) is 0 Å². The Morgan fingerprint density at radius 2 is 2.12 bits per heavy atom. The van der Waals surface area contributed by atoms with Crippen molar-refractivity contribution in [3.05, 3.63) is 53.5 Å². The molecule has 2 nitrogen and oxygen atoms in total. The predicted octanol–water partition coefficient (Wildman–Crippen LogP) is 2.46. The second kappa shape index (κ2) is 6.29. The Morgan fingerprint density at radius 1 is 1.44 bits per heavy atom. The van der Waals surface area contributed by atoms with Gasteiger partial charge in [-0.15, -0.1) is 6.42 Å². The van der Waals surface area contributed by atoms with Gasteiger partial charge in [-0.1, -0.05) is 42.0 Å². The standard InChI is InChI=1S/C14H12O2/c1-3-13(9-10-16-12(2)15)11-14-7-5-4-6-8-14/h1,4-8,10H,11H2,2H3. The first-order chi connectivity index (χ1) is 7.72. The van der Waals surface area contributed by atoms with Crippen molar-refractivity contribution >= 4 is 5.97 Å². The highest BCUT2D eigenvalue weighted by Gasteiger charge is 1.94. The topological polar surface area (TPSA) is 26.3 Å². The van der Waals surface area contributed by atoms with Crippen LogP contribution in [-0.4, -0.2) is 5.97 Å². The van der Waals surface area contributed by atoms with Gasteiger partial charge in [-0.25, -0.2) is 0 Å². The lowest BCUT2D eigenvalue weighted by molar-refractivity contribution is -0.135. The van der Waals surface area contributed by atoms with Crippen molar-refractivity contribution in [2.75, 3.05) is 0 Å². The van der Waals surface area contributed by atoms with E-state index in [1.807, 2.05) is 30.3 Å². The summed E-state index contributed by atoms with van der Waals surface area (Å²) >= 11 is 0. The number of benzene rings is 1. The van der Waals surface area contributed by atoms with Crippen LogP contribution in [0.15, 0.2) is 47.9 Å². The molecule has 0 fully saturated rings. The summed E-state index contributed by atoms with van der Waals surface area (Å²) in [4.78, 5) is 10.5. The third-order valence-electron chi connectivity index (χ3n) is 1.86. The molecule has 0 aliphatic carbocycles. The quantitative estimate of drug-likeness (QED) is 0.333. The maximum absolute atomic E-state index is 10.5. The molecular formula is C14H12O2. The highest BCUT2D eigenvalue weighted by atomic mass is 16.5. The summed E-state index contributed by atoms with van der Waals surface area (Å²) < 4.78 is 4.62. The molecule has 0 aromatic heterocycles. The molecule has 0 radical (unpaired) electrons. The van der Waals surface area contributed by atoms with Crippen LogP contribution in [0.1, 0.15) is 12.5 Å². The number of carbonyl (C=O) groups is 1. The molecule has 0 spiro atoms. The van der Waals surface area contributed by atoms with Crippen LogP contribution >= 0.6 is 0 Å². The Morgan fingerprint density at radius 3 is 2.69 bits per heavy atom. The molecule has 2 heteroatoms. The zero-order valence-corrected chi connectivity index (χ0v) is 9.07. The van der Waals surface area contributed by atoms with Crippen LogP contribution in [0.3, 0.4) is 0 Å². The molecule has 0 unspecified atom stereocenters. The zero-order valence-electron chi connectivity index (χ0n) is 9.07. The highest BCUT2D eigenvalue weighted by Crippen LogP contribution is 2.05. The molecular weight excluding hydrogens is 200 g/mol. The number of terminal acetylenes is 1. The maximum atomic E-state index is 10.5. The van der Waals surface area contributed by atoms with E-state index in [9.17, 15) is 4.79 Å². The van der Waals surface area contributed by atoms with Gasteiger partial charge >= 0.3 is 5.97 Å². The molecule has 0 N–H and O–H groups in total. The van der Waals surface area contributed by atoms with E-state index in [-0.39, 0.29) is 5.97 Å². The minimum atomic E-state index is -0.386. The minimum Gasteiger partial charge on any atom is -0.426 e. The number of hydrogen-bond acceptors (Lipinski definition) is 2. The molecule has 16 heavy (non-hydrogen) atoms. The largest absolute Gasteiger partial charge is 0.426 e. The van der Waals surface area contributed by atoms with E-state index in [0.29, 0.717) is 12.0 Å². The number of ether oxygens (including phenoxy) is 1. The molecule has 80 valence electrons. The Balaban J connectivity index is 2.74. The van der Waals surface area contributed by atoms with E-state index >= 15 is 0 Å². The molecule has 0 heterocycles. The fourth-order valence-corrected chi connectivity index (χ4v) is 1.13. The maximum Gasteiger partial charge on any atom is 0.308 e. The van der Waals surface area contributed by atoms with E-state index in [1.165, 1.54) is 13.2 Å². The van der Waals surface area contributed by atoms with Gasteiger partial charge in [0.15, 0.2) is 0 Å². The smallest absolute Gasteiger partial charge is 0.308 e. The van der Waals surface area contributed by atoms with Crippen molar-refractivity contribution in [1.29, 1.82) is 0 Å². The average Bonchev–Trinajstić information content (AvgIpc) is 2.28. The molecule has 0 saturated heterocycles. The first-order valence-corrected chi connectivity index (χ1v) is 4.84. The van der Waals surface area contributed by atoms with Crippen LogP contribution in [0.2, 0.25) is 0 Å². The molecule has 0 aliphatic rings. The Hall–Kier alpha value is -2.23. The lowest BCUT2D eigenvalue weighted by Gasteiger charge is -1.97. The molecule has 0 bridgehead atoms. The van der Waals surface area contributed by atoms with Gasteiger partial charge in [-0.2, -0.15) is 0 Å². The summed E-state index contributed by atoms with van der Waals surface area (Å²) in [7, 11) is 0. The number of allylic oxidation sites excluding steroid dienone is 1. The van der Waals surface area contributed by atoms with Gasteiger partial charge in [-0.3, -0.25) is 4.79 Å². The van der Waals surface area contributed by atoms with Gasteiger partial charge in [0.25, 0.3) is 0 Å². The van der Waals surface area contributed by atoms with Crippen LogP contribution < -0.4 is 0 Å². The van der Waals surface area contributed by atoms with Gasteiger partial charge in [0.1, 0.15) is 6.26 Å². The molecule has 0 aliphatic heterocycles. The van der Waals surface area contributed by atoms with Crippen LogP contribution in [0, 0.1) is 12.3 Å². The second-order valence-electron chi connectivity index (χ2n) is 3.16. The number of carbonyl (C=O) groups excluding carboxylic acids is 1. The Bertz CT molecular complexity index is 457. The fraction of sp³-hybridized carbons (Fsp3) is 0.143. The van der Waals surface area contributed by atoms with Crippen LogP contribution in [0.5, 0.6) is 0 Å². The van der Waals surface area contributed by atoms with Crippen molar-refractivity contribution < 1.29 is 9.53 Å². The van der Waals surface area contributed by atoms with Gasteiger partial charge in [0.2, 0.25) is 0 Å². The Kier molecular flexibility index (Phi) is 4.66. The van der Waals surface area contributed by atoms with Crippen molar-refractivity contribution in [1.82, 2.24) is 0 Å². The van der Waals surface area contributed by atoms with Crippen molar-refractivity contribution in [3.8, 4) is 12.3 Å². The minimum absolute atomic E-state index is 0.386. The molecule has 1 aromatic carbocycles. The zero-order chi connectivity index (χ0) is 11.8. The first-order valence-electron chi connectivity index (χ1n) is 4.84. The van der Waals surface area contributed by atoms with Gasteiger partial charge < -0.3 is 4.74 Å². The molecule has 0 atom stereocenters. The number of hydrogen-bond donors (Lipinski definition) is 0. The molecule has 1 aromatic rings. The summed E-state index contributed by atoms with van der Waals surface area (Å²) in [6.07, 6.45) is 7.13. The van der Waals surface area contributed by atoms with Crippen molar-refractivity contribution in [2.45, 2.75) is 13.3 Å². The van der Waals surface area contributed by atoms with Crippen molar-refractivity contribution in [2.24, 2.45) is 0 Å². The summed E-state index contributed by atoms with van der Waals surface area (Å²) in [6.45, 7) is 1.32.